The number of carbonyl (C=O) groups is 2. The van der Waals surface area contributed by atoms with Crippen molar-refractivity contribution in [2.45, 2.75) is 38.1 Å². The van der Waals surface area contributed by atoms with Gasteiger partial charge in [0.15, 0.2) is 0 Å². The van der Waals surface area contributed by atoms with Gasteiger partial charge < -0.3 is 5.32 Å². The van der Waals surface area contributed by atoms with Crippen molar-refractivity contribution >= 4 is 34.0 Å². The molecule has 2 amide bonds. The summed E-state index contributed by atoms with van der Waals surface area (Å²) >= 11 is 3.35. The van der Waals surface area contributed by atoms with Crippen LogP contribution in [0.25, 0.3) is 0 Å². The van der Waals surface area contributed by atoms with Crippen LogP contribution in [0.5, 0.6) is 0 Å². The summed E-state index contributed by atoms with van der Waals surface area (Å²) in [6.07, 6.45) is 6.80. The molecule has 1 aromatic rings. The number of amides is 2. The van der Waals surface area contributed by atoms with Gasteiger partial charge in [0.1, 0.15) is 0 Å². The smallest absolute Gasteiger partial charge is 0.329 e. The largest absolute Gasteiger partial charge is 0.345 e. The fraction of sp³-hybridized carbons (Fsp3) is 0.400. The Labute approximate surface area is 132 Å². The number of halogens is 1. The third-order valence-corrected chi connectivity index (χ3v) is 3.87. The quantitative estimate of drug-likeness (QED) is 0.498. The van der Waals surface area contributed by atoms with E-state index in [0.29, 0.717) is 0 Å². The number of nitrogens with zero attached hydrogens (tertiary/aromatic N) is 1. The highest BCUT2D eigenvalue weighted by Gasteiger charge is 2.19. The van der Waals surface area contributed by atoms with Crippen LogP contribution in [0.3, 0.4) is 0 Å². The minimum atomic E-state index is -0.730. The van der Waals surface area contributed by atoms with Crippen molar-refractivity contribution in [3.05, 3.63) is 34.3 Å². The third kappa shape index (κ3) is 5.30. The summed E-state index contributed by atoms with van der Waals surface area (Å²) in [5.41, 5.74) is 3.07. The topological polar surface area (TPSA) is 70.6 Å². The summed E-state index contributed by atoms with van der Waals surface area (Å²) < 4.78 is 0.924. The van der Waals surface area contributed by atoms with Crippen LogP contribution in [0.15, 0.2) is 33.8 Å². The minimum Gasteiger partial charge on any atom is -0.345 e. The zero-order valence-corrected chi connectivity index (χ0v) is 13.2. The Morgan fingerprint density at radius 1 is 1.19 bits per heavy atom. The molecule has 0 bridgehead atoms. The summed E-state index contributed by atoms with van der Waals surface area (Å²) in [4.78, 5) is 23.3. The van der Waals surface area contributed by atoms with Crippen LogP contribution in [-0.2, 0) is 9.59 Å². The molecule has 2 rings (SSSR count). The molecule has 0 spiro atoms. The summed E-state index contributed by atoms with van der Waals surface area (Å²) in [7, 11) is 0. The molecule has 5 nitrogen and oxygen atoms in total. The number of nitrogens with one attached hydrogen (secondary N) is 2. The van der Waals surface area contributed by atoms with Gasteiger partial charge in [-0.15, -0.1) is 0 Å². The molecule has 0 aromatic heterocycles. The van der Waals surface area contributed by atoms with E-state index in [4.69, 9.17) is 0 Å². The monoisotopic (exact) mass is 351 g/mol. The first-order chi connectivity index (χ1) is 10.1. The molecule has 2 N–H and O–H groups in total. The van der Waals surface area contributed by atoms with E-state index in [0.717, 1.165) is 35.7 Å². The van der Waals surface area contributed by atoms with Gasteiger partial charge in [0, 0.05) is 10.5 Å². The molecule has 0 aliphatic heterocycles. The molecule has 1 aromatic carbocycles. The molecular formula is C15H18BrN3O2. The standard InChI is InChI=1S/C15H18BrN3O2/c16-12-6-4-5-11(9-12)10-17-19-15(21)14(20)18-13-7-2-1-3-8-13/h4-6,9-10,13H,1-3,7-8H2,(H,18,20)(H,19,21). The molecule has 1 aliphatic carbocycles. The Morgan fingerprint density at radius 2 is 1.95 bits per heavy atom. The predicted molar refractivity (Wildman–Crippen MR) is 84.9 cm³/mol. The Hall–Kier alpha value is -1.69. The maximum Gasteiger partial charge on any atom is 0.329 e. The lowest BCUT2D eigenvalue weighted by molar-refractivity contribution is -0.139. The van der Waals surface area contributed by atoms with E-state index in [1.165, 1.54) is 12.6 Å². The number of rotatable bonds is 3. The molecular weight excluding hydrogens is 334 g/mol. The van der Waals surface area contributed by atoms with Crippen molar-refractivity contribution < 1.29 is 9.59 Å². The predicted octanol–water partition coefficient (Wildman–Crippen LogP) is 2.35. The average molecular weight is 352 g/mol. The summed E-state index contributed by atoms with van der Waals surface area (Å²) in [6.45, 7) is 0. The lowest BCUT2D eigenvalue weighted by atomic mass is 9.95. The highest BCUT2D eigenvalue weighted by molar-refractivity contribution is 9.10. The maximum atomic E-state index is 11.7. The van der Waals surface area contributed by atoms with Gasteiger partial charge in [-0.3, -0.25) is 9.59 Å². The second kappa shape index (κ2) is 7.93. The summed E-state index contributed by atoms with van der Waals surface area (Å²) in [5, 5.41) is 6.53. The van der Waals surface area contributed by atoms with Crippen LogP contribution < -0.4 is 10.7 Å². The van der Waals surface area contributed by atoms with Gasteiger partial charge in [0.05, 0.1) is 6.21 Å². The lowest BCUT2D eigenvalue weighted by Crippen LogP contribution is -2.44. The van der Waals surface area contributed by atoms with E-state index in [2.05, 4.69) is 31.8 Å². The summed E-state index contributed by atoms with van der Waals surface area (Å²) in [6, 6.07) is 7.59. The first kappa shape index (κ1) is 15.7. The third-order valence-electron chi connectivity index (χ3n) is 3.38. The minimum absolute atomic E-state index is 0.117. The number of hydrazone groups is 1. The fourth-order valence-corrected chi connectivity index (χ4v) is 2.72. The van der Waals surface area contributed by atoms with Crippen molar-refractivity contribution in [2.24, 2.45) is 5.10 Å². The van der Waals surface area contributed by atoms with Gasteiger partial charge in [-0.05, 0) is 30.5 Å². The highest BCUT2D eigenvalue weighted by atomic mass is 79.9. The molecule has 0 heterocycles. The summed E-state index contributed by atoms with van der Waals surface area (Å²) in [5.74, 6) is -1.35. The SMILES string of the molecule is O=C(NN=Cc1cccc(Br)c1)C(=O)NC1CCCCC1. The molecule has 1 aliphatic rings. The molecule has 6 heteroatoms. The lowest BCUT2D eigenvalue weighted by Gasteiger charge is -2.22. The van der Waals surface area contributed by atoms with Crippen LogP contribution in [0, 0.1) is 0 Å². The Balaban J connectivity index is 1.79. The normalized spacial score (nSPS) is 15.9. The number of benzene rings is 1. The van der Waals surface area contributed by atoms with E-state index in [9.17, 15) is 9.59 Å². The van der Waals surface area contributed by atoms with Gasteiger partial charge in [-0.1, -0.05) is 47.3 Å². The zero-order chi connectivity index (χ0) is 15.1. The van der Waals surface area contributed by atoms with E-state index in [1.807, 2.05) is 24.3 Å². The Kier molecular flexibility index (Phi) is 5.92. The molecule has 1 saturated carbocycles. The Morgan fingerprint density at radius 3 is 2.67 bits per heavy atom. The van der Waals surface area contributed by atoms with Gasteiger partial charge >= 0.3 is 11.8 Å². The average Bonchev–Trinajstić information content (AvgIpc) is 2.48. The number of carbonyl (C=O) groups excluding carboxylic acids is 2. The van der Waals surface area contributed by atoms with Crippen LogP contribution in [0.1, 0.15) is 37.7 Å². The van der Waals surface area contributed by atoms with Crippen molar-refractivity contribution in [1.82, 2.24) is 10.7 Å². The van der Waals surface area contributed by atoms with E-state index < -0.39 is 11.8 Å². The van der Waals surface area contributed by atoms with E-state index >= 15 is 0 Å². The van der Waals surface area contributed by atoms with E-state index in [-0.39, 0.29) is 6.04 Å². The van der Waals surface area contributed by atoms with Gasteiger partial charge in [-0.25, -0.2) is 5.43 Å². The first-order valence-electron chi connectivity index (χ1n) is 7.04. The van der Waals surface area contributed by atoms with Crippen molar-refractivity contribution in [3.8, 4) is 0 Å². The van der Waals surface area contributed by atoms with Crippen LogP contribution in [-0.4, -0.2) is 24.1 Å². The molecule has 0 radical (unpaired) electrons. The van der Waals surface area contributed by atoms with Gasteiger partial charge in [-0.2, -0.15) is 5.10 Å². The maximum absolute atomic E-state index is 11.7. The second-order valence-electron chi connectivity index (χ2n) is 5.06. The zero-order valence-electron chi connectivity index (χ0n) is 11.6. The molecule has 0 atom stereocenters. The molecule has 0 saturated heterocycles. The first-order valence-corrected chi connectivity index (χ1v) is 7.84. The van der Waals surface area contributed by atoms with Crippen LogP contribution in [0.2, 0.25) is 0 Å². The van der Waals surface area contributed by atoms with Crippen molar-refractivity contribution in [3.63, 3.8) is 0 Å². The Bertz CT molecular complexity index is 539. The molecule has 1 fully saturated rings. The molecule has 21 heavy (non-hydrogen) atoms. The fourth-order valence-electron chi connectivity index (χ4n) is 2.30. The highest BCUT2D eigenvalue weighted by Crippen LogP contribution is 2.17. The van der Waals surface area contributed by atoms with Crippen molar-refractivity contribution in [1.29, 1.82) is 0 Å². The molecule has 0 unspecified atom stereocenters. The van der Waals surface area contributed by atoms with Crippen LogP contribution >= 0.6 is 15.9 Å². The van der Waals surface area contributed by atoms with E-state index in [1.54, 1.807) is 0 Å². The number of hydrogen-bond acceptors (Lipinski definition) is 3. The van der Waals surface area contributed by atoms with Crippen LogP contribution in [0.4, 0.5) is 0 Å². The number of hydrogen-bond donors (Lipinski definition) is 2. The second-order valence-corrected chi connectivity index (χ2v) is 5.98. The van der Waals surface area contributed by atoms with Gasteiger partial charge in [0.25, 0.3) is 0 Å². The van der Waals surface area contributed by atoms with Gasteiger partial charge in [0.2, 0.25) is 0 Å². The molecule has 112 valence electrons. The van der Waals surface area contributed by atoms with Crippen molar-refractivity contribution in [2.75, 3.05) is 0 Å².